The van der Waals surface area contributed by atoms with Crippen molar-refractivity contribution in [2.24, 2.45) is 0 Å². The van der Waals surface area contributed by atoms with E-state index in [0.29, 0.717) is 35.1 Å². The second-order valence-corrected chi connectivity index (χ2v) is 9.56. The molecule has 1 saturated carbocycles. The molecule has 0 radical (unpaired) electrons. The second-order valence-electron chi connectivity index (χ2n) is 9.56. The van der Waals surface area contributed by atoms with E-state index in [0.717, 1.165) is 0 Å². The van der Waals surface area contributed by atoms with Crippen LogP contribution in [0.1, 0.15) is 60.0 Å². The number of hydrogen-bond donors (Lipinski definition) is 2. The highest BCUT2D eigenvalue weighted by atomic mass is 16.3. The van der Waals surface area contributed by atoms with E-state index in [2.05, 4.69) is 25.4 Å². The minimum atomic E-state index is -0.585. The fourth-order valence-electron chi connectivity index (χ4n) is 4.30. The largest absolute Gasteiger partial charge is 0.394 e. The average molecular weight is 462 g/mol. The van der Waals surface area contributed by atoms with Gasteiger partial charge in [-0.25, -0.2) is 9.97 Å². The molecule has 1 aliphatic carbocycles. The van der Waals surface area contributed by atoms with Crippen molar-refractivity contribution in [3.05, 3.63) is 60.1 Å². The third-order valence-corrected chi connectivity index (χ3v) is 6.46. The number of nitrogens with one attached hydrogen (secondary N) is 1. The van der Waals surface area contributed by atoms with Crippen LogP contribution >= 0.6 is 0 Å². The van der Waals surface area contributed by atoms with Crippen molar-refractivity contribution in [3.8, 4) is 0 Å². The Bertz CT molecular complexity index is 1230. The van der Waals surface area contributed by atoms with E-state index in [9.17, 15) is 14.7 Å². The van der Waals surface area contributed by atoms with Crippen molar-refractivity contribution >= 4 is 23.2 Å². The Morgan fingerprint density at radius 1 is 1.18 bits per heavy atom. The molecule has 10 heteroatoms. The SMILES string of the molecule is CC(C)(CO)N1CC(C(=O)c2cncc(NC(=O)Cn3cc(C4CC4)cn3)c2)c2cncnc21. The zero-order valence-corrected chi connectivity index (χ0v) is 19.2. The fourth-order valence-corrected chi connectivity index (χ4v) is 4.30. The van der Waals surface area contributed by atoms with Crippen LogP contribution in [0.3, 0.4) is 0 Å². The zero-order chi connectivity index (χ0) is 23.9. The van der Waals surface area contributed by atoms with Crippen LogP contribution in [-0.4, -0.2) is 60.2 Å². The first kappa shape index (κ1) is 22.1. The standard InChI is InChI=1S/C24H27N7O3/c1-24(2,13-32)31-11-20(19-9-26-14-27-23(19)31)22(34)16-5-18(8-25-6-16)29-21(33)12-30-10-17(7-28-30)15-3-4-15/h5-10,14-15,20,32H,3-4,11-13H2,1-2H3,(H,29,33). The molecule has 0 spiro atoms. The number of aliphatic hydroxyl groups excluding tert-OH is 1. The van der Waals surface area contributed by atoms with E-state index in [-0.39, 0.29) is 24.8 Å². The summed E-state index contributed by atoms with van der Waals surface area (Å²) in [6, 6.07) is 1.63. The Morgan fingerprint density at radius 2 is 2.00 bits per heavy atom. The lowest BCUT2D eigenvalue weighted by Gasteiger charge is -2.35. The molecular formula is C24H27N7O3. The van der Waals surface area contributed by atoms with E-state index in [1.807, 2.05) is 31.1 Å². The Balaban J connectivity index is 1.31. The number of anilines is 2. The van der Waals surface area contributed by atoms with E-state index >= 15 is 0 Å². The van der Waals surface area contributed by atoms with E-state index < -0.39 is 11.5 Å². The molecule has 1 atom stereocenters. The van der Waals surface area contributed by atoms with Gasteiger partial charge in [0.1, 0.15) is 18.7 Å². The molecule has 2 N–H and O–H groups in total. The molecule has 176 valence electrons. The van der Waals surface area contributed by atoms with Crippen molar-refractivity contribution in [3.63, 3.8) is 0 Å². The number of Topliss-reactive ketones (excluding diaryl/α,β-unsaturated/α-hetero) is 1. The number of rotatable bonds is 8. The van der Waals surface area contributed by atoms with Gasteiger partial charge in [0.05, 0.1) is 36.1 Å². The van der Waals surface area contributed by atoms with Gasteiger partial charge in [-0.1, -0.05) is 0 Å². The molecular weight excluding hydrogens is 434 g/mol. The quantitative estimate of drug-likeness (QED) is 0.489. The van der Waals surface area contributed by atoms with Gasteiger partial charge in [0.25, 0.3) is 0 Å². The molecule has 4 heterocycles. The molecule has 0 aromatic carbocycles. The van der Waals surface area contributed by atoms with Crippen molar-refractivity contribution in [2.75, 3.05) is 23.4 Å². The van der Waals surface area contributed by atoms with Crippen molar-refractivity contribution in [1.29, 1.82) is 0 Å². The third kappa shape index (κ3) is 4.28. The Labute approximate surface area is 197 Å². The van der Waals surface area contributed by atoms with Gasteiger partial charge in [0.15, 0.2) is 5.78 Å². The summed E-state index contributed by atoms with van der Waals surface area (Å²) >= 11 is 0. The van der Waals surface area contributed by atoms with Crippen molar-refractivity contribution in [1.82, 2.24) is 24.7 Å². The third-order valence-electron chi connectivity index (χ3n) is 6.46. The van der Waals surface area contributed by atoms with Gasteiger partial charge < -0.3 is 15.3 Å². The molecule has 3 aromatic heterocycles. The number of fused-ring (bicyclic) bond motifs is 1. The number of aliphatic hydroxyl groups is 1. The molecule has 3 aromatic rings. The Morgan fingerprint density at radius 3 is 2.76 bits per heavy atom. The van der Waals surface area contributed by atoms with Crippen LogP contribution in [0.25, 0.3) is 0 Å². The lowest BCUT2D eigenvalue weighted by Crippen LogP contribution is -2.47. The molecule has 0 saturated heterocycles. The molecule has 34 heavy (non-hydrogen) atoms. The molecule has 1 amide bonds. The van der Waals surface area contributed by atoms with Crippen LogP contribution in [0.2, 0.25) is 0 Å². The number of hydrogen-bond acceptors (Lipinski definition) is 8. The summed E-state index contributed by atoms with van der Waals surface area (Å²) in [7, 11) is 0. The molecule has 2 aliphatic rings. The molecule has 1 fully saturated rings. The number of pyridine rings is 1. The van der Waals surface area contributed by atoms with Crippen molar-refractivity contribution in [2.45, 2.75) is 50.6 Å². The summed E-state index contributed by atoms with van der Waals surface area (Å²) in [5, 5.41) is 16.9. The van der Waals surface area contributed by atoms with Crippen LogP contribution in [-0.2, 0) is 11.3 Å². The van der Waals surface area contributed by atoms with Crippen LogP contribution < -0.4 is 10.2 Å². The highest BCUT2D eigenvalue weighted by Crippen LogP contribution is 2.40. The Kier molecular flexibility index (Phi) is 5.60. The normalized spacial score (nSPS) is 17.5. The maximum atomic E-state index is 13.5. The second kappa shape index (κ2) is 8.60. The van der Waals surface area contributed by atoms with E-state index in [1.165, 1.54) is 37.1 Å². The minimum absolute atomic E-state index is 0.0845. The number of ketones is 1. The van der Waals surface area contributed by atoms with Gasteiger partial charge in [-0.2, -0.15) is 5.10 Å². The van der Waals surface area contributed by atoms with Crippen LogP contribution in [0.4, 0.5) is 11.5 Å². The number of amides is 1. The summed E-state index contributed by atoms with van der Waals surface area (Å²) in [5.74, 6) is 0.340. The number of nitrogens with zero attached hydrogens (tertiary/aromatic N) is 6. The highest BCUT2D eigenvalue weighted by molar-refractivity contribution is 6.04. The first-order valence-electron chi connectivity index (χ1n) is 11.4. The zero-order valence-electron chi connectivity index (χ0n) is 19.2. The monoisotopic (exact) mass is 461 g/mol. The summed E-state index contributed by atoms with van der Waals surface area (Å²) in [6.07, 6.45) is 12.2. The predicted molar refractivity (Wildman–Crippen MR) is 125 cm³/mol. The van der Waals surface area contributed by atoms with Crippen LogP contribution in [0.15, 0.2) is 43.4 Å². The summed E-state index contributed by atoms with van der Waals surface area (Å²) in [5.41, 5.74) is 2.13. The number of carbonyl (C=O) groups excluding carboxylic acids is 2. The van der Waals surface area contributed by atoms with Crippen molar-refractivity contribution < 1.29 is 14.7 Å². The molecule has 10 nitrogen and oxygen atoms in total. The first-order chi connectivity index (χ1) is 16.4. The minimum Gasteiger partial charge on any atom is -0.394 e. The first-order valence-corrected chi connectivity index (χ1v) is 11.4. The summed E-state index contributed by atoms with van der Waals surface area (Å²) in [6.45, 7) is 4.18. The average Bonchev–Trinajstić information content (AvgIpc) is 3.45. The molecule has 1 unspecified atom stereocenters. The maximum Gasteiger partial charge on any atom is 0.246 e. The van der Waals surface area contributed by atoms with Gasteiger partial charge in [-0.05, 0) is 44.2 Å². The van der Waals surface area contributed by atoms with Gasteiger partial charge in [0, 0.05) is 36.3 Å². The topological polar surface area (TPSA) is 126 Å². The summed E-state index contributed by atoms with van der Waals surface area (Å²) in [4.78, 5) is 40.6. The summed E-state index contributed by atoms with van der Waals surface area (Å²) < 4.78 is 1.62. The van der Waals surface area contributed by atoms with E-state index in [4.69, 9.17) is 0 Å². The Hall–Kier alpha value is -3.66. The lowest BCUT2D eigenvalue weighted by molar-refractivity contribution is -0.116. The van der Waals surface area contributed by atoms with Gasteiger partial charge in [-0.3, -0.25) is 19.3 Å². The van der Waals surface area contributed by atoms with Crippen LogP contribution in [0, 0.1) is 0 Å². The smallest absolute Gasteiger partial charge is 0.246 e. The highest BCUT2D eigenvalue weighted by Gasteiger charge is 2.41. The molecule has 5 rings (SSSR count). The molecule has 0 bridgehead atoms. The van der Waals surface area contributed by atoms with E-state index in [1.54, 1.807) is 16.9 Å². The van der Waals surface area contributed by atoms with Gasteiger partial charge in [-0.15, -0.1) is 0 Å². The lowest BCUT2D eigenvalue weighted by atomic mass is 9.94. The fraction of sp³-hybridized carbons (Fsp3) is 0.417. The predicted octanol–water partition coefficient (Wildman–Crippen LogP) is 2.14. The van der Waals surface area contributed by atoms with Crippen LogP contribution in [0.5, 0.6) is 0 Å². The van der Waals surface area contributed by atoms with Gasteiger partial charge in [0.2, 0.25) is 5.91 Å². The number of aromatic nitrogens is 5. The maximum absolute atomic E-state index is 13.5. The van der Waals surface area contributed by atoms with Gasteiger partial charge >= 0.3 is 0 Å². The number of carbonyl (C=O) groups is 2. The molecule has 1 aliphatic heterocycles.